The molecule has 1 amide bonds. The molecular weight excluding hydrogens is 402 g/mol. The summed E-state index contributed by atoms with van der Waals surface area (Å²) in [5.74, 6) is 1.67. The van der Waals surface area contributed by atoms with Crippen molar-refractivity contribution >= 4 is 17.8 Å². The smallest absolute Gasteiger partial charge is 0.270 e. The third kappa shape index (κ3) is 5.27. The Hall–Kier alpha value is -4.14. The van der Waals surface area contributed by atoms with Gasteiger partial charge in [0.2, 0.25) is 5.91 Å². The van der Waals surface area contributed by atoms with E-state index in [2.05, 4.69) is 10.5 Å². The van der Waals surface area contributed by atoms with Gasteiger partial charge in [-0.1, -0.05) is 12.1 Å². The summed E-state index contributed by atoms with van der Waals surface area (Å²) in [5.41, 5.74) is 4.62. The molecule has 1 aromatic heterocycles. The number of amides is 1. The van der Waals surface area contributed by atoms with E-state index < -0.39 is 4.92 Å². The van der Waals surface area contributed by atoms with Crippen LogP contribution in [0.4, 0.5) is 5.69 Å². The van der Waals surface area contributed by atoms with Crippen molar-refractivity contribution in [2.75, 3.05) is 14.2 Å². The number of hydrogen-bond donors (Lipinski definition) is 1. The van der Waals surface area contributed by atoms with Crippen LogP contribution in [0.15, 0.2) is 58.0 Å². The minimum Gasteiger partial charge on any atom is -0.493 e. The van der Waals surface area contributed by atoms with Crippen LogP contribution in [0.5, 0.6) is 11.5 Å². The van der Waals surface area contributed by atoms with Crippen molar-refractivity contribution in [3.63, 3.8) is 0 Å². The lowest BCUT2D eigenvalue weighted by molar-refractivity contribution is -0.384. The summed E-state index contributed by atoms with van der Waals surface area (Å²) in [6.07, 6.45) is 1.47. The molecule has 0 aliphatic rings. The van der Waals surface area contributed by atoms with Crippen LogP contribution in [-0.2, 0) is 11.2 Å². The molecule has 31 heavy (non-hydrogen) atoms. The van der Waals surface area contributed by atoms with E-state index in [0.717, 1.165) is 11.1 Å². The van der Waals surface area contributed by atoms with E-state index in [-0.39, 0.29) is 18.0 Å². The van der Waals surface area contributed by atoms with Gasteiger partial charge in [-0.05, 0) is 42.3 Å². The molecule has 0 aliphatic heterocycles. The van der Waals surface area contributed by atoms with E-state index in [9.17, 15) is 14.9 Å². The first-order chi connectivity index (χ1) is 14.9. The zero-order valence-electron chi connectivity index (χ0n) is 17.2. The number of furan rings is 1. The minimum atomic E-state index is -0.456. The van der Waals surface area contributed by atoms with Crippen LogP contribution in [0.1, 0.15) is 16.9 Å². The Kier molecular flexibility index (Phi) is 6.66. The topological polar surface area (TPSA) is 116 Å². The second-order valence-electron chi connectivity index (χ2n) is 6.62. The molecule has 0 aliphatic carbocycles. The molecule has 0 radical (unpaired) electrons. The summed E-state index contributed by atoms with van der Waals surface area (Å²) in [6, 6.07) is 13.1. The summed E-state index contributed by atoms with van der Waals surface area (Å²) in [7, 11) is 3.07. The maximum absolute atomic E-state index is 12.1. The molecule has 0 atom stereocenters. The Morgan fingerprint density at radius 2 is 1.90 bits per heavy atom. The Balaban J connectivity index is 1.64. The minimum absolute atomic E-state index is 0.0188. The van der Waals surface area contributed by atoms with Crippen LogP contribution >= 0.6 is 0 Å². The first-order valence-corrected chi connectivity index (χ1v) is 9.29. The van der Waals surface area contributed by atoms with E-state index in [1.807, 2.05) is 6.92 Å². The average Bonchev–Trinajstić information content (AvgIpc) is 3.22. The number of carbonyl (C=O) groups is 1. The third-order valence-corrected chi connectivity index (χ3v) is 4.52. The monoisotopic (exact) mass is 423 g/mol. The van der Waals surface area contributed by atoms with Crippen LogP contribution in [0.2, 0.25) is 0 Å². The standard InChI is InChI=1S/C22H21N3O6/c1-14-4-6-16(25(27)28)12-18(14)19-9-7-17(31-19)13-23-24-22(26)11-15-5-8-20(29-2)21(10-15)30-3/h4-10,12-13H,11H2,1-3H3,(H,24,26)/b23-13-. The van der Waals surface area contributed by atoms with Crippen molar-refractivity contribution < 1.29 is 23.6 Å². The zero-order chi connectivity index (χ0) is 22.4. The number of nitrogens with one attached hydrogen (secondary N) is 1. The number of carbonyl (C=O) groups excluding carboxylic acids is 1. The maximum atomic E-state index is 12.1. The van der Waals surface area contributed by atoms with E-state index in [1.54, 1.807) is 43.5 Å². The predicted octanol–water partition coefficient (Wildman–Crippen LogP) is 3.87. The number of methoxy groups -OCH3 is 2. The van der Waals surface area contributed by atoms with Gasteiger partial charge in [-0.3, -0.25) is 14.9 Å². The molecule has 0 fully saturated rings. The third-order valence-electron chi connectivity index (χ3n) is 4.52. The predicted molar refractivity (Wildman–Crippen MR) is 115 cm³/mol. The molecule has 0 saturated carbocycles. The fraction of sp³-hybridized carbons (Fsp3) is 0.182. The van der Waals surface area contributed by atoms with Gasteiger partial charge in [-0.2, -0.15) is 5.10 Å². The summed E-state index contributed by atoms with van der Waals surface area (Å²) in [6.45, 7) is 1.84. The molecule has 2 aromatic carbocycles. The molecule has 3 rings (SSSR count). The van der Waals surface area contributed by atoms with E-state index in [1.165, 1.54) is 25.5 Å². The van der Waals surface area contributed by atoms with Gasteiger partial charge in [-0.15, -0.1) is 0 Å². The largest absolute Gasteiger partial charge is 0.493 e. The Morgan fingerprint density at radius 3 is 2.61 bits per heavy atom. The Bertz CT molecular complexity index is 1140. The highest BCUT2D eigenvalue weighted by Crippen LogP contribution is 2.29. The lowest BCUT2D eigenvalue weighted by atomic mass is 10.1. The second kappa shape index (κ2) is 9.57. The number of hydrogen-bond acceptors (Lipinski definition) is 7. The highest BCUT2D eigenvalue weighted by atomic mass is 16.6. The van der Waals surface area contributed by atoms with Gasteiger partial charge in [-0.25, -0.2) is 5.43 Å². The summed E-state index contributed by atoms with van der Waals surface area (Å²) >= 11 is 0. The lowest BCUT2D eigenvalue weighted by Crippen LogP contribution is -2.19. The quantitative estimate of drug-likeness (QED) is 0.334. The van der Waals surface area contributed by atoms with Gasteiger partial charge >= 0.3 is 0 Å². The fourth-order valence-corrected chi connectivity index (χ4v) is 2.94. The first kappa shape index (κ1) is 21.6. The van der Waals surface area contributed by atoms with Crippen molar-refractivity contribution in [1.82, 2.24) is 5.43 Å². The van der Waals surface area contributed by atoms with Gasteiger partial charge < -0.3 is 13.9 Å². The molecule has 0 bridgehead atoms. The first-order valence-electron chi connectivity index (χ1n) is 9.29. The molecule has 0 unspecified atom stereocenters. The van der Waals surface area contributed by atoms with Crippen LogP contribution in [0, 0.1) is 17.0 Å². The molecule has 9 heteroatoms. The average molecular weight is 423 g/mol. The van der Waals surface area contributed by atoms with Crippen LogP contribution < -0.4 is 14.9 Å². The number of nitrogens with zero attached hydrogens (tertiary/aromatic N) is 2. The van der Waals surface area contributed by atoms with Crippen molar-refractivity contribution in [3.05, 3.63) is 75.5 Å². The number of rotatable bonds is 8. The van der Waals surface area contributed by atoms with E-state index in [4.69, 9.17) is 13.9 Å². The van der Waals surface area contributed by atoms with Crippen molar-refractivity contribution in [3.8, 4) is 22.8 Å². The molecular formula is C22H21N3O6. The molecule has 0 saturated heterocycles. The molecule has 9 nitrogen and oxygen atoms in total. The van der Waals surface area contributed by atoms with Gasteiger partial charge in [0.1, 0.15) is 11.5 Å². The number of non-ortho nitro benzene ring substituents is 1. The van der Waals surface area contributed by atoms with Gasteiger partial charge in [0.15, 0.2) is 11.5 Å². The number of benzene rings is 2. The highest BCUT2D eigenvalue weighted by Gasteiger charge is 2.13. The molecule has 160 valence electrons. The lowest BCUT2D eigenvalue weighted by Gasteiger charge is -2.09. The SMILES string of the molecule is COc1ccc(CC(=O)N/N=C\c2ccc(-c3cc([N+](=O)[O-])ccc3C)o2)cc1OC. The van der Waals surface area contributed by atoms with E-state index >= 15 is 0 Å². The Labute approximate surface area is 178 Å². The van der Waals surface area contributed by atoms with Crippen molar-refractivity contribution in [2.45, 2.75) is 13.3 Å². The van der Waals surface area contributed by atoms with E-state index in [0.29, 0.717) is 28.6 Å². The number of nitro groups is 1. The summed E-state index contributed by atoms with van der Waals surface area (Å²) < 4.78 is 16.1. The molecule has 1 N–H and O–H groups in total. The Morgan fingerprint density at radius 1 is 1.13 bits per heavy atom. The van der Waals surface area contributed by atoms with Crippen molar-refractivity contribution in [1.29, 1.82) is 0 Å². The summed E-state index contributed by atoms with van der Waals surface area (Å²) in [5, 5.41) is 14.9. The zero-order valence-corrected chi connectivity index (χ0v) is 17.2. The van der Waals surface area contributed by atoms with Gasteiger partial charge in [0, 0.05) is 17.7 Å². The van der Waals surface area contributed by atoms with Crippen molar-refractivity contribution in [2.24, 2.45) is 5.10 Å². The fourth-order valence-electron chi connectivity index (χ4n) is 2.94. The maximum Gasteiger partial charge on any atom is 0.270 e. The number of nitro benzene ring substituents is 1. The van der Waals surface area contributed by atoms with Gasteiger partial charge in [0.25, 0.3) is 5.69 Å². The second-order valence-corrected chi connectivity index (χ2v) is 6.62. The molecule has 0 spiro atoms. The number of ether oxygens (including phenoxy) is 2. The normalized spacial score (nSPS) is 10.8. The highest BCUT2D eigenvalue weighted by molar-refractivity contribution is 5.82. The summed E-state index contributed by atoms with van der Waals surface area (Å²) in [4.78, 5) is 22.7. The number of hydrazone groups is 1. The van der Waals surface area contributed by atoms with Gasteiger partial charge in [0.05, 0.1) is 31.8 Å². The van der Waals surface area contributed by atoms with Crippen LogP contribution in [-0.4, -0.2) is 31.3 Å². The van der Waals surface area contributed by atoms with Crippen LogP contribution in [0.3, 0.4) is 0 Å². The van der Waals surface area contributed by atoms with Crippen LogP contribution in [0.25, 0.3) is 11.3 Å². The number of aryl methyl sites for hydroxylation is 1. The molecule has 3 aromatic rings. The molecule has 1 heterocycles.